The van der Waals surface area contributed by atoms with Gasteiger partial charge in [0.25, 0.3) is 0 Å². The van der Waals surface area contributed by atoms with E-state index in [1.165, 1.54) is 0 Å². The minimum Gasteiger partial charge on any atom is -0.192 e. The molecule has 0 spiro atoms. The highest BCUT2D eigenvalue weighted by atomic mass is 15.5. The molecule has 0 bridgehead atoms. The molecule has 0 aliphatic rings. The molecule has 0 unspecified atom stereocenters. The average Bonchev–Trinajstić information content (AvgIpc) is 3.12. The largest absolute Gasteiger partial charge is 0.192 e. The first-order chi connectivity index (χ1) is 12.4. The van der Waals surface area contributed by atoms with Gasteiger partial charge in [0.05, 0.1) is 5.52 Å². The molecule has 0 radical (unpaired) electrons. The molecule has 118 valence electrons. The number of fused-ring (bicyclic) bond motifs is 2. The van der Waals surface area contributed by atoms with E-state index in [0.29, 0.717) is 5.82 Å². The van der Waals surface area contributed by atoms with Gasteiger partial charge in [0.2, 0.25) is 0 Å². The van der Waals surface area contributed by atoms with Crippen LogP contribution in [0.25, 0.3) is 38.9 Å². The van der Waals surface area contributed by atoms with E-state index in [4.69, 9.17) is 0 Å². The van der Waals surface area contributed by atoms with Gasteiger partial charge in [-0.3, -0.25) is 0 Å². The third-order valence-corrected chi connectivity index (χ3v) is 4.27. The molecule has 25 heavy (non-hydrogen) atoms. The topological polar surface area (TPSA) is 56.5 Å². The Morgan fingerprint density at radius 3 is 2.20 bits per heavy atom. The molecule has 0 saturated carbocycles. The highest BCUT2D eigenvalue weighted by Gasteiger charge is 2.14. The van der Waals surface area contributed by atoms with Crippen molar-refractivity contribution in [2.75, 3.05) is 0 Å². The summed E-state index contributed by atoms with van der Waals surface area (Å²) in [6.07, 6.45) is 0. The smallest absolute Gasteiger partial charge is 0.185 e. The third kappa shape index (κ3) is 2.17. The lowest BCUT2D eigenvalue weighted by Gasteiger charge is -2.09. The number of aromatic nitrogens is 5. The first kappa shape index (κ1) is 13.8. The van der Waals surface area contributed by atoms with Crippen LogP contribution in [0.5, 0.6) is 0 Å². The summed E-state index contributed by atoms with van der Waals surface area (Å²) in [5, 5.41) is 19.5. The molecule has 0 aliphatic carbocycles. The van der Waals surface area contributed by atoms with E-state index in [0.717, 1.165) is 33.1 Å². The fourth-order valence-electron chi connectivity index (χ4n) is 3.08. The second kappa shape index (κ2) is 5.49. The number of benzene rings is 3. The van der Waals surface area contributed by atoms with Crippen molar-refractivity contribution < 1.29 is 0 Å². The Bertz CT molecular complexity index is 1190. The molecule has 5 rings (SSSR count). The van der Waals surface area contributed by atoms with Crippen LogP contribution in [0.15, 0.2) is 78.9 Å². The fraction of sp³-hybridized carbons (Fsp3) is 0. The summed E-state index contributed by atoms with van der Waals surface area (Å²) in [4.78, 5) is 0. The number of rotatable bonds is 2. The first-order valence-electron chi connectivity index (χ1n) is 8.03. The molecule has 0 aliphatic heterocycles. The van der Waals surface area contributed by atoms with Gasteiger partial charge in [0.1, 0.15) is 11.2 Å². The number of hydrogen-bond acceptors (Lipinski definition) is 4. The van der Waals surface area contributed by atoms with Crippen molar-refractivity contribution in [3.05, 3.63) is 78.9 Å². The van der Waals surface area contributed by atoms with Gasteiger partial charge < -0.3 is 0 Å². The zero-order chi connectivity index (χ0) is 16.6. The van der Waals surface area contributed by atoms with Crippen LogP contribution >= 0.6 is 0 Å². The van der Waals surface area contributed by atoms with Crippen molar-refractivity contribution in [1.29, 1.82) is 0 Å². The van der Waals surface area contributed by atoms with Crippen LogP contribution in [0.2, 0.25) is 0 Å². The molecular formula is C20H13N5. The van der Waals surface area contributed by atoms with Crippen molar-refractivity contribution in [2.45, 2.75) is 0 Å². The quantitative estimate of drug-likeness (QED) is 0.492. The van der Waals surface area contributed by atoms with Gasteiger partial charge in [-0.25, -0.2) is 0 Å². The monoisotopic (exact) mass is 323 g/mol. The van der Waals surface area contributed by atoms with E-state index < -0.39 is 0 Å². The van der Waals surface area contributed by atoms with Gasteiger partial charge in [0, 0.05) is 16.3 Å². The predicted octanol–water partition coefficient (Wildman–Crippen LogP) is 4.03. The molecular weight excluding hydrogens is 310 g/mol. The van der Waals surface area contributed by atoms with Gasteiger partial charge in [-0.15, -0.1) is 15.3 Å². The molecule has 0 atom stereocenters. The van der Waals surface area contributed by atoms with E-state index in [9.17, 15) is 0 Å². The third-order valence-electron chi connectivity index (χ3n) is 4.27. The number of para-hydroxylation sites is 1. The maximum atomic E-state index is 4.50. The van der Waals surface area contributed by atoms with Crippen molar-refractivity contribution >= 4 is 21.8 Å². The van der Waals surface area contributed by atoms with Crippen molar-refractivity contribution in [2.24, 2.45) is 0 Å². The fourth-order valence-corrected chi connectivity index (χ4v) is 3.08. The average molecular weight is 323 g/mol. The Morgan fingerprint density at radius 2 is 1.32 bits per heavy atom. The summed E-state index contributed by atoms with van der Waals surface area (Å²) < 4.78 is 1.75. The van der Waals surface area contributed by atoms with Crippen molar-refractivity contribution in [1.82, 2.24) is 25.2 Å². The van der Waals surface area contributed by atoms with Crippen LogP contribution in [0.4, 0.5) is 0 Å². The zero-order valence-corrected chi connectivity index (χ0v) is 13.2. The van der Waals surface area contributed by atoms with Gasteiger partial charge >= 0.3 is 0 Å². The summed E-state index contributed by atoms with van der Waals surface area (Å²) in [6, 6.07) is 26.0. The van der Waals surface area contributed by atoms with Gasteiger partial charge in [-0.05, 0) is 12.1 Å². The van der Waals surface area contributed by atoms with Gasteiger partial charge in [-0.1, -0.05) is 71.9 Å². The van der Waals surface area contributed by atoms with Crippen LogP contribution in [-0.2, 0) is 0 Å². The Labute approximate surface area is 143 Å². The van der Waals surface area contributed by atoms with Crippen LogP contribution in [0, 0.1) is 0 Å². The summed E-state index contributed by atoms with van der Waals surface area (Å²) in [5.41, 5.74) is 3.65. The second-order valence-electron chi connectivity index (χ2n) is 5.77. The predicted molar refractivity (Wildman–Crippen MR) is 97.4 cm³/mol. The zero-order valence-electron chi connectivity index (χ0n) is 13.2. The van der Waals surface area contributed by atoms with Crippen LogP contribution in [-0.4, -0.2) is 25.2 Å². The Balaban J connectivity index is 1.82. The van der Waals surface area contributed by atoms with Crippen molar-refractivity contribution in [3.8, 4) is 17.1 Å². The standard InChI is InChI=1S/C20H13N5/c1-2-8-14(9-3-1)19-15-10-4-5-11-16(15)20(23-22-19)25-18-13-7-6-12-17(18)21-24-25/h1-13H. The van der Waals surface area contributed by atoms with E-state index in [2.05, 4.69) is 26.6 Å². The highest BCUT2D eigenvalue weighted by molar-refractivity contribution is 5.98. The van der Waals surface area contributed by atoms with E-state index in [-0.39, 0.29) is 0 Å². The molecule has 0 saturated heterocycles. The molecule has 2 aromatic heterocycles. The molecule has 3 aromatic carbocycles. The van der Waals surface area contributed by atoms with Gasteiger partial charge in [0.15, 0.2) is 5.82 Å². The minimum atomic E-state index is 0.684. The van der Waals surface area contributed by atoms with Crippen LogP contribution < -0.4 is 0 Å². The lowest BCUT2D eigenvalue weighted by Crippen LogP contribution is -2.04. The summed E-state index contributed by atoms with van der Waals surface area (Å²) in [5.74, 6) is 0.684. The van der Waals surface area contributed by atoms with Gasteiger partial charge in [-0.2, -0.15) is 4.68 Å². The van der Waals surface area contributed by atoms with E-state index in [1.807, 2.05) is 72.8 Å². The van der Waals surface area contributed by atoms with E-state index in [1.54, 1.807) is 4.68 Å². The summed E-state index contributed by atoms with van der Waals surface area (Å²) >= 11 is 0. The first-order valence-corrected chi connectivity index (χ1v) is 8.03. The number of nitrogens with zero attached hydrogens (tertiary/aromatic N) is 5. The maximum Gasteiger partial charge on any atom is 0.185 e. The molecule has 0 amide bonds. The van der Waals surface area contributed by atoms with E-state index >= 15 is 0 Å². The molecule has 5 aromatic rings. The van der Waals surface area contributed by atoms with Crippen LogP contribution in [0.3, 0.4) is 0 Å². The lowest BCUT2D eigenvalue weighted by molar-refractivity contribution is 0.790. The molecule has 5 nitrogen and oxygen atoms in total. The Hall–Kier alpha value is -3.60. The molecule has 5 heteroatoms. The summed E-state index contributed by atoms with van der Waals surface area (Å²) in [7, 11) is 0. The Kier molecular flexibility index (Phi) is 3.03. The molecule has 0 N–H and O–H groups in total. The molecule has 2 heterocycles. The normalized spacial score (nSPS) is 11.2. The summed E-state index contributed by atoms with van der Waals surface area (Å²) in [6.45, 7) is 0. The highest BCUT2D eigenvalue weighted by Crippen LogP contribution is 2.29. The number of hydrogen-bond donors (Lipinski definition) is 0. The second-order valence-corrected chi connectivity index (χ2v) is 5.77. The minimum absolute atomic E-state index is 0.684. The van der Waals surface area contributed by atoms with Crippen LogP contribution in [0.1, 0.15) is 0 Å². The Morgan fingerprint density at radius 1 is 0.600 bits per heavy atom. The SMILES string of the molecule is c1ccc(-c2nnc(-n3nnc4ccccc43)c3ccccc23)cc1. The lowest BCUT2D eigenvalue weighted by atomic mass is 10.0. The van der Waals surface area contributed by atoms with Crippen molar-refractivity contribution in [3.63, 3.8) is 0 Å². The maximum absolute atomic E-state index is 4.50. The molecule has 0 fully saturated rings.